The molecule has 0 unspecified atom stereocenters. The van der Waals surface area contributed by atoms with Crippen LogP contribution >= 0.6 is 23.4 Å². The van der Waals surface area contributed by atoms with E-state index in [0.717, 1.165) is 17.5 Å². The Hall–Kier alpha value is -0.320. The lowest BCUT2D eigenvalue weighted by atomic mass is 10.7. The molecule has 72 valence electrons. The first-order chi connectivity index (χ1) is 6.18. The van der Waals surface area contributed by atoms with Gasteiger partial charge in [0, 0.05) is 12.3 Å². The molecule has 0 amide bonds. The lowest BCUT2D eigenvalue weighted by Gasteiger charge is -2.07. The Morgan fingerprint density at radius 3 is 2.54 bits per heavy atom. The first-order valence-corrected chi connectivity index (χ1v) is 5.30. The largest absolute Gasteiger partial charge is 0.309 e. The Balaban J connectivity index is 2.33. The maximum absolute atomic E-state index is 5.65. The maximum Gasteiger partial charge on any atom is 0.187 e. The van der Waals surface area contributed by atoms with Gasteiger partial charge in [-0.05, 0) is 14.1 Å². The molecule has 0 bridgehead atoms. The summed E-state index contributed by atoms with van der Waals surface area (Å²) in [5.41, 5.74) is 0. The molecule has 1 heterocycles. The molecule has 0 N–H and O–H groups in total. The van der Waals surface area contributed by atoms with E-state index in [1.165, 1.54) is 0 Å². The molecule has 0 aliphatic carbocycles. The lowest BCUT2D eigenvalue weighted by Crippen LogP contribution is -2.14. The average Bonchev–Trinajstić information content (AvgIpc) is 2.08. The number of aromatic nitrogens is 2. The quantitative estimate of drug-likeness (QED) is 0.568. The van der Waals surface area contributed by atoms with Gasteiger partial charge in [-0.3, -0.25) is 0 Å². The summed E-state index contributed by atoms with van der Waals surface area (Å²) in [4.78, 5) is 10.3. The summed E-state index contributed by atoms with van der Waals surface area (Å²) < 4.78 is 0. The third-order valence-corrected chi connectivity index (χ3v) is 2.42. The van der Waals surface area contributed by atoms with Crippen LogP contribution in [0.3, 0.4) is 0 Å². The molecule has 0 aromatic carbocycles. The highest BCUT2D eigenvalue weighted by molar-refractivity contribution is 7.99. The third-order valence-electron chi connectivity index (χ3n) is 1.37. The number of thioether (sulfide) groups is 1. The van der Waals surface area contributed by atoms with Crippen molar-refractivity contribution in [1.29, 1.82) is 0 Å². The molecular formula is C8H12ClN3S. The van der Waals surface area contributed by atoms with Crippen LogP contribution in [-0.2, 0) is 0 Å². The highest BCUT2D eigenvalue weighted by atomic mass is 35.5. The minimum Gasteiger partial charge on any atom is -0.309 e. The van der Waals surface area contributed by atoms with Crippen molar-refractivity contribution in [2.75, 3.05) is 26.4 Å². The minimum atomic E-state index is 0.581. The van der Waals surface area contributed by atoms with Crippen molar-refractivity contribution in [2.24, 2.45) is 0 Å². The summed E-state index contributed by atoms with van der Waals surface area (Å²) in [6.45, 7) is 1.02. The van der Waals surface area contributed by atoms with Crippen LogP contribution in [0.1, 0.15) is 0 Å². The van der Waals surface area contributed by atoms with Crippen LogP contribution in [0.25, 0.3) is 0 Å². The summed E-state index contributed by atoms with van der Waals surface area (Å²) in [5.74, 6) is 0.995. The highest BCUT2D eigenvalue weighted by Gasteiger charge is 1.97. The predicted molar refractivity (Wildman–Crippen MR) is 56.3 cm³/mol. The number of halogens is 1. The molecule has 0 saturated heterocycles. The van der Waals surface area contributed by atoms with Crippen LogP contribution in [-0.4, -0.2) is 41.3 Å². The first-order valence-electron chi connectivity index (χ1n) is 3.93. The molecule has 5 heteroatoms. The first kappa shape index (κ1) is 10.8. The molecule has 0 spiro atoms. The molecule has 0 fully saturated rings. The van der Waals surface area contributed by atoms with Crippen LogP contribution in [0.2, 0.25) is 5.02 Å². The van der Waals surface area contributed by atoms with Crippen LogP contribution in [0, 0.1) is 0 Å². The average molecular weight is 218 g/mol. The predicted octanol–water partition coefficient (Wildman–Crippen LogP) is 1.78. The molecule has 1 aromatic heterocycles. The van der Waals surface area contributed by atoms with E-state index in [2.05, 4.69) is 14.9 Å². The fourth-order valence-electron chi connectivity index (χ4n) is 0.694. The van der Waals surface area contributed by atoms with Crippen molar-refractivity contribution >= 4 is 23.4 Å². The van der Waals surface area contributed by atoms with Gasteiger partial charge in [-0.1, -0.05) is 23.4 Å². The zero-order chi connectivity index (χ0) is 9.68. The van der Waals surface area contributed by atoms with Crippen molar-refractivity contribution in [3.05, 3.63) is 17.4 Å². The summed E-state index contributed by atoms with van der Waals surface area (Å²) in [7, 11) is 4.09. The van der Waals surface area contributed by atoms with Gasteiger partial charge in [0.15, 0.2) is 5.16 Å². The van der Waals surface area contributed by atoms with Crippen LogP contribution in [0.15, 0.2) is 17.6 Å². The number of hydrogen-bond acceptors (Lipinski definition) is 4. The van der Waals surface area contributed by atoms with Crippen molar-refractivity contribution in [3.8, 4) is 0 Å². The molecule has 0 aliphatic rings. The Bertz CT molecular complexity index is 250. The fraction of sp³-hybridized carbons (Fsp3) is 0.500. The summed E-state index contributed by atoms with van der Waals surface area (Å²) in [6.07, 6.45) is 3.24. The van der Waals surface area contributed by atoms with Crippen molar-refractivity contribution in [1.82, 2.24) is 14.9 Å². The normalized spacial score (nSPS) is 10.8. The monoisotopic (exact) mass is 217 g/mol. The van der Waals surface area contributed by atoms with E-state index in [9.17, 15) is 0 Å². The van der Waals surface area contributed by atoms with E-state index in [1.54, 1.807) is 24.2 Å². The molecule has 0 atom stereocenters. The van der Waals surface area contributed by atoms with Crippen molar-refractivity contribution < 1.29 is 0 Å². The van der Waals surface area contributed by atoms with E-state index >= 15 is 0 Å². The van der Waals surface area contributed by atoms with Gasteiger partial charge in [-0.15, -0.1) is 0 Å². The maximum atomic E-state index is 5.65. The second-order valence-electron chi connectivity index (χ2n) is 2.84. The Morgan fingerprint density at radius 1 is 1.38 bits per heavy atom. The molecule has 1 rings (SSSR count). The summed E-state index contributed by atoms with van der Waals surface area (Å²) >= 11 is 7.29. The van der Waals surface area contributed by atoms with Gasteiger partial charge in [-0.25, -0.2) is 9.97 Å². The lowest BCUT2D eigenvalue weighted by molar-refractivity contribution is 0.437. The van der Waals surface area contributed by atoms with Gasteiger partial charge >= 0.3 is 0 Å². The number of rotatable bonds is 4. The molecule has 1 aromatic rings. The van der Waals surface area contributed by atoms with E-state index in [-0.39, 0.29) is 0 Å². The van der Waals surface area contributed by atoms with Crippen molar-refractivity contribution in [2.45, 2.75) is 5.16 Å². The fourth-order valence-corrected chi connectivity index (χ4v) is 1.69. The zero-order valence-electron chi connectivity index (χ0n) is 7.70. The number of hydrogen-bond donors (Lipinski definition) is 0. The van der Waals surface area contributed by atoms with Crippen LogP contribution < -0.4 is 0 Å². The van der Waals surface area contributed by atoms with Crippen molar-refractivity contribution in [3.63, 3.8) is 0 Å². The van der Waals surface area contributed by atoms with E-state index < -0.39 is 0 Å². The van der Waals surface area contributed by atoms with Crippen LogP contribution in [0.5, 0.6) is 0 Å². The smallest absolute Gasteiger partial charge is 0.187 e. The van der Waals surface area contributed by atoms with Gasteiger partial charge in [0.1, 0.15) is 0 Å². The molecule has 0 aliphatic heterocycles. The Labute approximate surface area is 87.5 Å². The van der Waals surface area contributed by atoms with Gasteiger partial charge in [0.2, 0.25) is 0 Å². The SMILES string of the molecule is CN(C)CCSc1ncc(Cl)cn1. The Kier molecular flexibility index (Phi) is 4.48. The van der Waals surface area contributed by atoms with Gasteiger partial charge < -0.3 is 4.90 Å². The van der Waals surface area contributed by atoms with Gasteiger partial charge in [0.25, 0.3) is 0 Å². The second-order valence-corrected chi connectivity index (χ2v) is 4.33. The zero-order valence-corrected chi connectivity index (χ0v) is 9.27. The van der Waals surface area contributed by atoms with Crippen LogP contribution in [0.4, 0.5) is 0 Å². The third kappa shape index (κ3) is 4.45. The Morgan fingerprint density at radius 2 is 2.00 bits per heavy atom. The second kappa shape index (κ2) is 5.42. The highest BCUT2D eigenvalue weighted by Crippen LogP contribution is 2.13. The number of nitrogens with zero attached hydrogens (tertiary/aromatic N) is 3. The topological polar surface area (TPSA) is 29.0 Å². The van der Waals surface area contributed by atoms with E-state index in [4.69, 9.17) is 11.6 Å². The molecule has 13 heavy (non-hydrogen) atoms. The molecular weight excluding hydrogens is 206 g/mol. The molecule has 3 nitrogen and oxygen atoms in total. The summed E-state index contributed by atoms with van der Waals surface area (Å²) in [6, 6.07) is 0. The standard InChI is InChI=1S/C8H12ClN3S/c1-12(2)3-4-13-8-10-5-7(9)6-11-8/h5-6H,3-4H2,1-2H3. The minimum absolute atomic E-state index is 0.581. The molecule has 0 saturated carbocycles. The van der Waals surface area contributed by atoms with E-state index in [1.807, 2.05) is 14.1 Å². The van der Waals surface area contributed by atoms with E-state index in [0.29, 0.717) is 5.02 Å². The van der Waals surface area contributed by atoms with Gasteiger partial charge in [-0.2, -0.15) is 0 Å². The van der Waals surface area contributed by atoms with Gasteiger partial charge in [0.05, 0.1) is 17.4 Å². The molecule has 0 radical (unpaired) electrons. The summed E-state index contributed by atoms with van der Waals surface area (Å²) in [5, 5.41) is 1.36.